The number of nitrogens with two attached hydrogens (primary N) is 1. The Labute approximate surface area is 74.6 Å². The van der Waals surface area contributed by atoms with E-state index in [1.807, 2.05) is 0 Å². The maximum Gasteiger partial charge on any atom is 0.155 e. The van der Waals surface area contributed by atoms with Crippen molar-refractivity contribution in [2.45, 2.75) is 30.3 Å². The summed E-state index contributed by atoms with van der Waals surface area (Å²) in [5.74, 6) is -0.575. The Kier molecular flexibility index (Phi) is 2.69. The predicted molar refractivity (Wildman–Crippen MR) is 41.6 cm³/mol. The largest absolute Gasteiger partial charge is 0.393 e. The van der Waals surface area contributed by atoms with Crippen molar-refractivity contribution < 1.29 is 25.2 Å². The summed E-state index contributed by atoms with van der Waals surface area (Å²) in [5, 5.41) is 36.7. The molecule has 1 aliphatic rings. The van der Waals surface area contributed by atoms with E-state index in [0.717, 1.165) is 0 Å². The minimum Gasteiger partial charge on any atom is -0.393 e. The van der Waals surface area contributed by atoms with E-state index in [2.05, 4.69) is 0 Å². The van der Waals surface area contributed by atoms with Crippen LogP contribution in [0.3, 0.4) is 0 Å². The molecular formula is C7H13NO5. The highest BCUT2D eigenvalue weighted by molar-refractivity contribution is 5.86. The number of rotatable bonds is 1. The molecule has 4 atom stereocenters. The monoisotopic (exact) mass is 191 g/mol. The molecule has 0 aromatic heterocycles. The third kappa shape index (κ3) is 1.59. The first-order valence-electron chi connectivity index (χ1n) is 3.90. The van der Waals surface area contributed by atoms with Gasteiger partial charge in [-0.15, -0.1) is 0 Å². The van der Waals surface area contributed by atoms with Crippen LogP contribution in [0.5, 0.6) is 0 Å². The van der Waals surface area contributed by atoms with Crippen LogP contribution in [0.15, 0.2) is 0 Å². The molecule has 0 aromatic carbocycles. The Morgan fingerprint density at radius 2 is 2.08 bits per heavy atom. The van der Waals surface area contributed by atoms with Gasteiger partial charge in [0.25, 0.3) is 0 Å². The van der Waals surface area contributed by atoms with Crippen LogP contribution in [0.2, 0.25) is 0 Å². The molecule has 6 nitrogen and oxygen atoms in total. The molecule has 1 unspecified atom stereocenters. The van der Waals surface area contributed by atoms with E-state index < -0.39 is 42.7 Å². The molecule has 0 heterocycles. The lowest BCUT2D eigenvalue weighted by molar-refractivity contribution is -0.179. The van der Waals surface area contributed by atoms with E-state index >= 15 is 0 Å². The SMILES string of the molecule is NC1C(=O)C[C@@](O)(CO)[C@@H](O)[C@@H]1O. The highest BCUT2D eigenvalue weighted by Crippen LogP contribution is 2.25. The van der Waals surface area contributed by atoms with E-state index in [9.17, 15) is 20.1 Å². The van der Waals surface area contributed by atoms with Crippen LogP contribution in [-0.4, -0.2) is 56.7 Å². The summed E-state index contributed by atoms with van der Waals surface area (Å²) in [4.78, 5) is 11.1. The van der Waals surface area contributed by atoms with E-state index in [1.165, 1.54) is 0 Å². The lowest BCUT2D eigenvalue weighted by atomic mass is 9.78. The van der Waals surface area contributed by atoms with Crippen LogP contribution in [0.1, 0.15) is 6.42 Å². The van der Waals surface area contributed by atoms with E-state index in [4.69, 9.17) is 10.8 Å². The molecule has 1 aliphatic carbocycles. The smallest absolute Gasteiger partial charge is 0.155 e. The second-order valence-corrected chi connectivity index (χ2v) is 3.37. The summed E-state index contributed by atoms with van der Waals surface area (Å²) in [6.45, 7) is -0.788. The third-order valence-electron chi connectivity index (χ3n) is 2.37. The van der Waals surface area contributed by atoms with Gasteiger partial charge in [-0.05, 0) is 0 Å². The maximum atomic E-state index is 11.1. The van der Waals surface area contributed by atoms with Gasteiger partial charge in [0.2, 0.25) is 0 Å². The Morgan fingerprint density at radius 3 is 2.54 bits per heavy atom. The molecule has 0 amide bonds. The average Bonchev–Trinajstić information content (AvgIpc) is 2.12. The lowest BCUT2D eigenvalue weighted by Crippen LogP contribution is -2.65. The predicted octanol–water partition coefficient (Wildman–Crippen LogP) is -3.27. The van der Waals surface area contributed by atoms with Crippen molar-refractivity contribution in [3.05, 3.63) is 0 Å². The Balaban J connectivity index is 2.88. The third-order valence-corrected chi connectivity index (χ3v) is 2.37. The Bertz CT molecular complexity index is 221. The Morgan fingerprint density at radius 1 is 1.54 bits per heavy atom. The number of carbonyl (C=O) groups is 1. The van der Waals surface area contributed by atoms with Gasteiger partial charge in [0, 0.05) is 6.42 Å². The zero-order valence-electron chi connectivity index (χ0n) is 6.92. The lowest BCUT2D eigenvalue weighted by Gasteiger charge is -2.40. The molecule has 0 spiro atoms. The van der Waals surface area contributed by atoms with Gasteiger partial charge in [0.05, 0.1) is 12.6 Å². The maximum absolute atomic E-state index is 11.1. The van der Waals surface area contributed by atoms with Gasteiger partial charge in [-0.1, -0.05) is 0 Å². The Hall–Kier alpha value is -0.530. The first-order chi connectivity index (χ1) is 5.92. The van der Waals surface area contributed by atoms with E-state index in [1.54, 1.807) is 0 Å². The van der Waals surface area contributed by atoms with Crippen molar-refractivity contribution >= 4 is 5.78 Å². The molecule has 1 rings (SSSR count). The zero-order valence-corrected chi connectivity index (χ0v) is 6.92. The fraction of sp³-hybridized carbons (Fsp3) is 0.857. The normalized spacial score (nSPS) is 46.5. The topological polar surface area (TPSA) is 124 Å². The highest BCUT2D eigenvalue weighted by atomic mass is 16.4. The van der Waals surface area contributed by atoms with Crippen LogP contribution < -0.4 is 5.73 Å². The van der Waals surface area contributed by atoms with Gasteiger partial charge in [-0.25, -0.2) is 0 Å². The van der Waals surface area contributed by atoms with Crippen molar-refractivity contribution in [2.24, 2.45) is 5.73 Å². The van der Waals surface area contributed by atoms with Crippen LogP contribution in [0.25, 0.3) is 0 Å². The second kappa shape index (κ2) is 3.32. The minimum absolute atomic E-state index is 0.442. The molecule has 6 heteroatoms. The van der Waals surface area contributed by atoms with Gasteiger partial charge >= 0.3 is 0 Å². The van der Waals surface area contributed by atoms with Crippen molar-refractivity contribution in [3.63, 3.8) is 0 Å². The molecule has 0 aliphatic heterocycles. The first-order valence-corrected chi connectivity index (χ1v) is 3.90. The molecule has 1 fully saturated rings. The zero-order chi connectivity index (χ0) is 10.2. The van der Waals surface area contributed by atoms with Crippen LogP contribution in [-0.2, 0) is 4.79 Å². The van der Waals surface area contributed by atoms with E-state index in [-0.39, 0.29) is 0 Å². The number of carbonyl (C=O) groups excluding carboxylic acids is 1. The molecule has 76 valence electrons. The van der Waals surface area contributed by atoms with E-state index in [0.29, 0.717) is 0 Å². The van der Waals surface area contributed by atoms with Gasteiger partial charge < -0.3 is 26.2 Å². The molecule has 6 N–H and O–H groups in total. The van der Waals surface area contributed by atoms with Crippen molar-refractivity contribution in [2.75, 3.05) is 6.61 Å². The standard InChI is InChI=1S/C7H13NO5/c8-4-3(10)1-7(13,2-9)6(12)5(4)11/h4-6,9,11-13H,1-2,8H2/t4?,5-,6+,7-/m1/s1. The molecule has 0 aromatic rings. The summed E-state index contributed by atoms with van der Waals surface area (Å²) in [6.07, 6.45) is -3.56. The first kappa shape index (κ1) is 10.6. The molecule has 13 heavy (non-hydrogen) atoms. The van der Waals surface area contributed by atoms with Crippen molar-refractivity contribution in [3.8, 4) is 0 Å². The summed E-state index contributed by atoms with van der Waals surface area (Å²) >= 11 is 0. The molecule has 1 saturated carbocycles. The number of Topliss-reactive ketones (excluding diaryl/α,β-unsaturated/α-hetero) is 1. The quantitative estimate of drug-likeness (QED) is 0.296. The fourth-order valence-corrected chi connectivity index (χ4v) is 1.38. The summed E-state index contributed by atoms with van der Waals surface area (Å²) in [6, 6.07) is -1.19. The number of ketones is 1. The van der Waals surface area contributed by atoms with Gasteiger partial charge in [0.15, 0.2) is 5.78 Å². The van der Waals surface area contributed by atoms with Gasteiger partial charge in [-0.3, -0.25) is 4.79 Å². The summed E-state index contributed by atoms with van der Waals surface area (Å²) in [7, 11) is 0. The molecule has 0 saturated heterocycles. The van der Waals surface area contributed by atoms with Gasteiger partial charge in [-0.2, -0.15) is 0 Å². The molecular weight excluding hydrogens is 178 g/mol. The number of hydrogen-bond donors (Lipinski definition) is 5. The highest BCUT2D eigenvalue weighted by Gasteiger charge is 2.49. The second-order valence-electron chi connectivity index (χ2n) is 3.37. The van der Waals surface area contributed by atoms with Crippen LogP contribution >= 0.6 is 0 Å². The summed E-state index contributed by atoms with van der Waals surface area (Å²) in [5.41, 5.74) is 3.27. The summed E-state index contributed by atoms with van der Waals surface area (Å²) < 4.78 is 0. The molecule has 0 radical (unpaired) electrons. The van der Waals surface area contributed by atoms with Crippen LogP contribution in [0, 0.1) is 0 Å². The minimum atomic E-state index is -1.97. The van der Waals surface area contributed by atoms with Crippen molar-refractivity contribution in [1.82, 2.24) is 0 Å². The average molecular weight is 191 g/mol. The van der Waals surface area contributed by atoms with Crippen LogP contribution in [0.4, 0.5) is 0 Å². The number of aliphatic hydroxyl groups excluding tert-OH is 3. The fourth-order valence-electron chi connectivity index (χ4n) is 1.38. The molecule has 0 bridgehead atoms. The number of hydrogen-bond acceptors (Lipinski definition) is 6. The van der Waals surface area contributed by atoms with Gasteiger partial charge in [0.1, 0.15) is 17.8 Å². The van der Waals surface area contributed by atoms with Crippen molar-refractivity contribution in [1.29, 1.82) is 0 Å². The number of aliphatic hydroxyl groups is 4.